The lowest BCUT2D eigenvalue weighted by Crippen LogP contribution is -2.21. The van der Waals surface area contributed by atoms with E-state index in [1.54, 1.807) is 14.1 Å². The van der Waals surface area contributed by atoms with E-state index in [1.165, 1.54) is 33.8 Å². The number of rotatable bonds is 1. The Labute approximate surface area is 86.0 Å². The average Bonchev–Trinajstić information content (AvgIpc) is 2.58. The zero-order chi connectivity index (χ0) is 11.0. The summed E-state index contributed by atoms with van der Waals surface area (Å²) in [7, 11) is 3.29. The number of amides is 1. The number of imidazole rings is 1. The summed E-state index contributed by atoms with van der Waals surface area (Å²) in [6.45, 7) is 0. The number of nitrogens with zero attached hydrogens (tertiary/aromatic N) is 3. The third kappa shape index (κ3) is 1.68. The number of pyridine rings is 1. The van der Waals surface area contributed by atoms with Gasteiger partial charge in [-0.05, 0) is 12.1 Å². The van der Waals surface area contributed by atoms with E-state index in [-0.39, 0.29) is 11.7 Å². The maximum atomic E-state index is 12.9. The van der Waals surface area contributed by atoms with Crippen LogP contribution in [0, 0.1) is 5.82 Å². The largest absolute Gasteiger partial charge is 0.343 e. The summed E-state index contributed by atoms with van der Waals surface area (Å²) in [6, 6.07) is 2.84. The van der Waals surface area contributed by atoms with Crippen LogP contribution in [0.5, 0.6) is 0 Å². The van der Waals surface area contributed by atoms with Gasteiger partial charge in [0.1, 0.15) is 17.2 Å². The molecule has 0 saturated heterocycles. The molecule has 0 fully saturated rings. The smallest absolute Gasteiger partial charge is 0.273 e. The van der Waals surface area contributed by atoms with Crippen LogP contribution < -0.4 is 0 Å². The summed E-state index contributed by atoms with van der Waals surface area (Å²) >= 11 is 0. The Morgan fingerprint density at radius 2 is 2.13 bits per heavy atom. The Balaban J connectivity index is 2.52. The first-order valence-corrected chi connectivity index (χ1v) is 4.44. The van der Waals surface area contributed by atoms with Crippen molar-refractivity contribution in [2.45, 2.75) is 0 Å². The molecule has 2 rings (SSSR count). The fourth-order valence-electron chi connectivity index (χ4n) is 1.30. The lowest BCUT2D eigenvalue weighted by molar-refractivity contribution is 0.0822. The number of fused-ring (bicyclic) bond motifs is 1. The van der Waals surface area contributed by atoms with Crippen LogP contribution in [0.4, 0.5) is 4.39 Å². The molecule has 15 heavy (non-hydrogen) atoms. The van der Waals surface area contributed by atoms with Crippen molar-refractivity contribution < 1.29 is 9.18 Å². The molecule has 1 amide bonds. The summed E-state index contributed by atoms with van der Waals surface area (Å²) in [5.74, 6) is -0.553. The van der Waals surface area contributed by atoms with Gasteiger partial charge in [0.2, 0.25) is 0 Å². The summed E-state index contributed by atoms with van der Waals surface area (Å²) in [5.41, 5.74) is 0.868. The van der Waals surface area contributed by atoms with Crippen LogP contribution in [0.1, 0.15) is 10.5 Å². The lowest BCUT2D eigenvalue weighted by atomic mass is 10.4. The summed E-state index contributed by atoms with van der Waals surface area (Å²) in [6.07, 6.45) is 2.80. The first-order chi connectivity index (χ1) is 7.08. The van der Waals surface area contributed by atoms with Crippen LogP contribution in [-0.2, 0) is 0 Å². The van der Waals surface area contributed by atoms with Crippen LogP contribution in [0.3, 0.4) is 0 Å². The molecule has 0 spiro atoms. The SMILES string of the molecule is CN(C)C(=O)c1cn2cc(F)ccc2n1. The molecule has 2 heterocycles. The van der Waals surface area contributed by atoms with Crippen molar-refractivity contribution in [1.29, 1.82) is 0 Å². The zero-order valence-electron chi connectivity index (χ0n) is 8.44. The van der Waals surface area contributed by atoms with Crippen molar-refractivity contribution in [3.05, 3.63) is 36.0 Å². The molecule has 2 aromatic heterocycles. The van der Waals surface area contributed by atoms with E-state index in [1.807, 2.05) is 0 Å². The number of hydrogen-bond acceptors (Lipinski definition) is 2. The van der Waals surface area contributed by atoms with Gasteiger partial charge >= 0.3 is 0 Å². The Kier molecular flexibility index (Phi) is 2.15. The third-order valence-corrected chi connectivity index (χ3v) is 2.04. The Bertz CT molecular complexity index is 518. The van der Waals surface area contributed by atoms with Gasteiger partial charge in [-0.15, -0.1) is 0 Å². The van der Waals surface area contributed by atoms with Crippen LogP contribution in [0.15, 0.2) is 24.5 Å². The quantitative estimate of drug-likeness (QED) is 0.704. The lowest BCUT2D eigenvalue weighted by Gasteiger charge is -2.06. The van der Waals surface area contributed by atoms with Gasteiger partial charge in [-0.2, -0.15) is 0 Å². The molecule has 0 aliphatic rings. The molecule has 0 saturated carbocycles. The maximum absolute atomic E-state index is 12.9. The van der Waals surface area contributed by atoms with E-state index in [4.69, 9.17) is 0 Å². The second-order valence-electron chi connectivity index (χ2n) is 3.44. The molecule has 0 N–H and O–H groups in total. The molecule has 0 unspecified atom stereocenters. The van der Waals surface area contributed by atoms with Crippen molar-refractivity contribution in [2.75, 3.05) is 14.1 Å². The number of carbonyl (C=O) groups excluding carboxylic acids is 1. The predicted octanol–water partition coefficient (Wildman–Crippen LogP) is 1.18. The van der Waals surface area contributed by atoms with Crippen molar-refractivity contribution in [3.8, 4) is 0 Å². The minimum absolute atomic E-state index is 0.195. The fraction of sp³-hybridized carbons (Fsp3) is 0.200. The Morgan fingerprint density at radius 1 is 1.40 bits per heavy atom. The van der Waals surface area contributed by atoms with Gasteiger partial charge in [-0.3, -0.25) is 4.79 Å². The van der Waals surface area contributed by atoms with Gasteiger partial charge < -0.3 is 9.30 Å². The molecule has 2 aromatic rings. The molecule has 78 valence electrons. The molecular formula is C10H10FN3O. The Hall–Kier alpha value is -1.91. The zero-order valence-corrected chi connectivity index (χ0v) is 8.44. The molecular weight excluding hydrogens is 197 g/mol. The van der Waals surface area contributed by atoms with Gasteiger partial charge in [0.15, 0.2) is 0 Å². The highest BCUT2D eigenvalue weighted by Gasteiger charge is 2.12. The minimum atomic E-state index is -0.358. The summed E-state index contributed by atoms with van der Waals surface area (Å²) in [5, 5.41) is 0. The maximum Gasteiger partial charge on any atom is 0.273 e. The van der Waals surface area contributed by atoms with Crippen molar-refractivity contribution in [2.24, 2.45) is 0 Å². The first kappa shape index (κ1) is 9.64. The normalized spacial score (nSPS) is 10.6. The predicted molar refractivity (Wildman–Crippen MR) is 53.2 cm³/mol. The molecule has 0 aliphatic carbocycles. The fourth-order valence-corrected chi connectivity index (χ4v) is 1.30. The standard InChI is InChI=1S/C10H10FN3O/c1-13(2)10(15)8-6-14-5-7(11)3-4-9(14)12-8/h3-6H,1-2H3. The molecule has 5 heteroatoms. The molecule has 4 nitrogen and oxygen atoms in total. The molecule has 0 radical (unpaired) electrons. The van der Waals surface area contributed by atoms with E-state index in [9.17, 15) is 9.18 Å². The highest BCUT2D eigenvalue weighted by molar-refractivity contribution is 5.92. The van der Waals surface area contributed by atoms with Crippen molar-refractivity contribution in [3.63, 3.8) is 0 Å². The number of aromatic nitrogens is 2. The Morgan fingerprint density at radius 3 is 2.80 bits per heavy atom. The number of hydrogen-bond donors (Lipinski definition) is 0. The van der Waals surface area contributed by atoms with Gasteiger partial charge in [0.05, 0.1) is 0 Å². The van der Waals surface area contributed by atoms with E-state index in [0.29, 0.717) is 11.3 Å². The van der Waals surface area contributed by atoms with Crippen LogP contribution in [-0.4, -0.2) is 34.3 Å². The van der Waals surface area contributed by atoms with Gasteiger partial charge in [-0.1, -0.05) is 0 Å². The van der Waals surface area contributed by atoms with Gasteiger partial charge in [0, 0.05) is 26.5 Å². The average molecular weight is 207 g/mol. The van der Waals surface area contributed by atoms with E-state index in [0.717, 1.165) is 0 Å². The third-order valence-electron chi connectivity index (χ3n) is 2.04. The molecule has 0 atom stereocenters. The number of halogens is 1. The second-order valence-corrected chi connectivity index (χ2v) is 3.44. The second kappa shape index (κ2) is 3.34. The van der Waals surface area contributed by atoms with E-state index < -0.39 is 0 Å². The number of carbonyl (C=O) groups is 1. The topological polar surface area (TPSA) is 37.6 Å². The van der Waals surface area contributed by atoms with Crippen LogP contribution in [0.25, 0.3) is 5.65 Å². The van der Waals surface area contributed by atoms with Crippen molar-refractivity contribution >= 4 is 11.6 Å². The van der Waals surface area contributed by atoms with Gasteiger partial charge in [-0.25, -0.2) is 9.37 Å². The molecule has 0 aliphatic heterocycles. The molecule has 0 bridgehead atoms. The highest BCUT2D eigenvalue weighted by Crippen LogP contribution is 2.07. The highest BCUT2D eigenvalue weighted by atomic mass is 19.1. The summed E-state index contributed by atoms with van der Waals surface area (Å²) < 4.78 is 14.4. The van der Waals surface area contributed by atoms with Crippen LogP contribution in [0.2, 0.25) is 0 Å². The molecule has 0 aromatic carbocycles. The summed E-state index contributed by atoms with van der Waals surface area (Å²) in [4.78, 5) is 17.1. The van der Waals surface area contributed by atoms with E-state index >= 15 is 0 Å². The minimum Gasteiger partial charge on any atom is -0.343 e. The van der Waals surface area contributed by atoms with Crippen molar-refractivity contribution in [1.82, 2.24) is 14.3 Å². The monoisotopic (exact) mass is 207 g/mol. The first-order valence-electron chi connectivity index (χ1n) is 4.44. The van der Waals surface area contributed by atoms with Gasteiger partial charge in [0.25, 0.3) is 5.91 Å². The van der Waals surface area contributed by atoms with E-state index in [2.05, 4.69) is 4.98 Å². The van der Waals surface area contributed by atoms with Crippen LogP contribution >= 0.6 is 0 Å².